The number of hydrogen-bond acceptors (Lipinski definition) is 3. The van der Waals surface area contributed by atoms with E-state index < -0.39 is 31.2 Å². The monoisotopic (exact) mass is 218 g/mol. The van der Waals surface area contributed by atoms with E-state index >= 15 is 0 Å². The molecule has 0 atom stereocenters. The molecule has 0 bridgehead atoms. The zero-order valence-electron chi connectivity index (χ0n) is 7.60. The molecule has 0 aliphatic heterocycles. The van der Waals surface area contributed by atoms with Gasteiger partial charge in [0.25, 0.3) is 0 Å². The van der Waals surface area contributed by atoms with Crippen molar-refractivity contribution in [2.24, 2.45) is 0 Å². The Kier molecular flexibility index (Phi) is 4.65. The molecule has 0 heterocycles. The van der Waals surface area contributed by atoms with E-state index in [0.29, 0.717) is 0 Å². The van der Waals surface area contributed by atoms with Crippen LogP contribution in [0.3, 0.4) is 0 Å². The molecule has 0 aromatic carbocycles. The number of hydrogen-bond donors (Lipinski definition) is 0. The summed E-state index contributed by atoms with van der Waals surface area (Å²) in [5.41, 5.74) is 0. The standard InChI is InChI=1S/C7H10F4O3/c1-4(2)14-6(12)13-3-7(10,11)5(8)9/h4-5H,3H2,1-2H3. The largest absolute Gasteiger partial charge is 0.508 e. The number of ether oxygens (including phenoxy) is 2. The molecule has 0 aliphatic rings. The van der Waals surface area contributed by atoms with Crippen molar-refractivity contribution in [3.8, 4) is 0 Å². The fourth-order valence-electron chi connectivity index (χ4n) is 0.445. The first kappa shape index (κ1) is 13.0. The van der Waals surface area contributed by atoms with Gasteiger partial charge in [-0.2, -0.15) is 8.78 Å². The first-order chi connectivity index (χ1) is 6.25. The molecule has 84 valence electrons. The molecule has 0 fully saturated rings. The highest BCUT2D eigenvalue weighted by Gasteiger charge is 2.42. The normalized spacial score (nSPS) is 12.0. The minimum atomic E-state index is -4.34. The highest BCUT2D eigenvalue weighted by Crippen LogP contribution is 2.22. The van der Waals surface area contributed by atoms with Gasteiger partial charge in [-0.3, -0.25) is 0 Å². The van der Waals surface area contributed by atoms with Gasteiger partial charge >= 0.3 is 18.5 Å². The third-order valence-corrected chi connectivity index (χ3v) is 1.03. The molecule has 14 heavy (non-hydrogen) atoms. The van der Waals surface area contributed by atoms with Crippen molar-refractivity contribution in [3.63, 3.8) is 0 Å². The van der Waals surface area contributed by atoms with Crippen molar-refractivity contribution in [2.45, 2.75) is 32.3 Å². The van der Waals surface area contributed by atoms with Gasteiger partial charge in [0.15, 0.2) is 6.61 Å². The van der Waals surface area contributed by atoms with Crippen LogP contribution in [0.4, 0.5) is 22.4 Å². The van der Waals surface area contributed by atoms with Crippen LogP contribution in [-0.2, 0) is 9.47 Å². The zero-order chi connectivity index (χ0) is 11.4. The molecular formula is C7H10F4O3. The van der Waals surface area contributed by atoms with Crippen molar-refractivity contribution in [2.75, 3.05) is 6.61 Å². The molecule has 0 amide bonds. The summed E-state index contributed by atoms with van der Waals surface area (Å²) in [7, 11) is 0. The van der Waals surface area contributed by atoms with Gasteiger partial charge in [0.2, 0.25) is 0 Å². The van der Waals surface area contributed by atoms with Crippen LogP contribution in [-0.4, -0.2) is 31.2 Å². The number of halogens is 4. The Morgan fingerprint density at radius 3 is 2.21 bits per heavy atom. The Morgan fingerprint density at radius 1 is 1.36 bits per heavy atom. The molecule has 0 saturated carbocycles. The summed E-state index contributed by atoms with van der Waals surface area (Å²) in [6.45, 7) is 1.25. The molecule has 0 aromatic rings. The maximum atomic E-state index is 12.2. The third-order valence-electron chi connectivity index (χ3n) is 1.03. The number of rotatable bonds is 4. The minimum Gasteiger partial charge on any atom is -0.432 e. The van der Waals surface area contributed by atoms with Crippen molar-refractivity contribution < 1.29 is 31.8 Å². The van der Waals surface area contributed by atoms with Gasteiger partial charge in [0, 0.05) is 0 Å². The van der Waals surface area contributed by atoms with E-state index in [0.717, 1.165) is 0 Å². The molecule has 0 saturated heterocycles. The van der Waals surface area contributed by atoms with Gasteiger partial charge < -0.3 is 9.47 Å². The van der Waals surface area contributed by atoms with Crippen LogP contribution in [0.1, 0.15) is 13.8 Å². The summed E-state index contributed by atoms with van der Waals surface area (Å²) in [5, 5.41) is 0. The summed E-state index contributed by atoms with van der Waals surface area (Å²) >= 11 is 0. The van der Waals surface area contributed by atoms with Crippen LogP contribution in [0.5, 0.6) is 0 Å². The van der Waals surface area contributed by atoms with E-state index in [1.165, 1.54) is 13.8 Å². The molecule has 3 nitrogen and oxygen atoms in total. The molecule has 0 radical (unpaired) electrons. The van der Waals surface area contributed by atoms with Gasteiger partial charge in [0.05, 0.1) is 6.10 Å². The maximum Gasteiger partial charge on any atom is 0.508 e. The van der Waals surface area contributed by atoms with E-state index in [1.54, 1.807) is 0 Å². The van der Waals surface area contributed by atoms with Gasteiger partial charge in [-0.25, -0.2) is 13.6 Å². The lowest BCUT2D eigenvalue weighted by molar-refractivity contribution is -0.159. The van der Waals surface area contributed by atoms with Crippen LogP contribution in [0.25, 0.3) is 0 Å². The van der Waals surface area contributed by atoms with Crippen molar-refractivity contribution in [3.05, 3.63) is 0 Å². The SMILES string of the molecule is CC(C)OC(=O)OCC(F)(F)C(F)F. The Bertz CT molecular complexity index is 193. The fourth-order valence-corrected chi connectivity index (χ4v) is 0.445. The second-order valence-corrected chi connectivity index (χ2v) is 2.77. The number of carbonyl (C=O) groups is 1. The molecule has 0 N–H and O–H groups in total. The smallest absolute Gasteiger partial charge is 0.432 e. The summed E-state index contributed by atoms with van der Waals surface area (Å²) in [6.07, 6.45) is -5.81. The highest BCUT2D eigenvalue weighted by atomic mass is 19.3. The highest BCUT2D eigenvalue weighted by molar-refractivity contribution is 5.60. The van der Waals surface area contributed by atoms with E-state index in [1.807, 2.05) is 0 Å². The predicted octanol–water partition coefficient (Wildman–Crippen LogP) is 2.45. The summed E-state index contributed by atoms with van der Waals surface area (Å²) in [5.74, 6) is -4.34. The quantitative estimate of drug-likeness (QED) is 0.537. The number of alkyl halides is 4. The Hall–Kier alpha value is -1.01. The van der Waals surface area contributed by atoms with E-state index in [4.69, 9.17) is 0 Å². The topological polar surface area (TPSA) is 35.5 Å². The van der Waals surface area contributed by atoms with E-state index in [-0.39, 0.29) is 0 Å². The molecule has 7 heteroatoms. The molecule has 0 unspecified atom stereocenters. The minimum absolute atomic E-state index is 0.553. The maximum absolute atomic E-state index is 12.2. The molecule has 0 spiro atoms. The zero-order valence-corrected chi connectivity index (χ0v) is 7.60. The second-order valence-electron chi connectivity index (χ2n) is 2.77. The van der Waals surface area contributed by atoms with Gasteiger partial charge in [-0.05, 0) is 13.8 Å². The van der Waals surface area contributed by atoms with Gasteiger partial charge in [-0.15, -0.1) is 0 Å². The van der Waals surface area contributed by atoms with Crippen LogP contribution >= 0.6 is 0 Å². The Morgan fingerprint density at radius 2 is 1.86 bits per heavy atom. The Labute approximate surface area is 78.0 Å². The van der Waals surface area contributed by atoms with Crippen LogP contribution in [0.2, 0.25) is 0 Å². The first-order valence-electron chi connectivity index (χ1n) is 3.75. The number of carbonyl (C=O) groups excluding carboxylic acids is 1. The fraction of sp³-hybridized carbons (Fsp3) is 0.857. The van der Waals surface area contributed by atoms with Crippen molar-refractivity contribution in [1.82, 2.24) is 0 Å². The average Bonchev–Trinajstić information content (AvgIpc) is 1.99. The summed E-state index contributed by atoms with van der Waals surface area (Å²) in [6, 6.07) is 0. The summed E-state index contributed by atoms with van der Waals surface area (Å²) < 4.78 is 55.5. The Balaban J connectivity index is 3.88. The first-order valence-corrected chi connectivity index (χ1v) is 3.75. The summed E-state index contributed by atoms with van der Waals surface area (Å²) in [4.78, 5) is 10.5. The third kappa shape index (κ3) is 4.88. The lowest BCUT2D eigenvalue weighted by atomic mass is 10.4. The average molecular weight is 218 g/mol. The van der Waals surface area contributed by atoms with Gasteiger partial charge in [-0.1, -0.05) is 0 Å². The van der Waals surface area contributed by atoms with Gasteiger partial charge in [0.1, 0.15) is 0 Å². The molecular weight excluding hydrogens is 208 g/mol. The second kappa shape index (κ2) is 5.02. The molecule has 0 rings (SSSR count). The van der Waals surface area contributed by atoms with Crippen LogP contribution in [0.15, 0.2) is 0 Å². The lowest BCUT2D eigenvalue weighted by Gasteiger charge is -2.15. The molecule has 0 aromatic heterocycles. The molecule has 0 aliphatic carbocycles. The van der Waals surface area contributed by atoms with E-state index in [2.05, 4.69) is 9.47 Å². The van der Waals surface area contributed by atoms with Crippen LogP contribution < -0.4 is 0 Å². The van der Waals surface area contributed by atoms with Crippen molar-refractivity contribution in [1.29, 1.82) is 0 Å². The van der Waals surface area contributed by atoms with E-state index in [9.17, 15) is 22.4 Å². The van der Waals surface area contributed by atoms with Crippen LogP contribution in [0, 0.1) is 0 Å². The lowest BCUT2D eigenvalue weighted by Crippen LogP contribution is -2.33. The van der Waals surface area contributed by atoms with Crippen molar-refractivity contribution >= 4 is 6.16 Å². The predicted molar refractivity (Wildman–Crippen MR) is 38.5 cm³/mol.